The number of ether oxygens (including phenoxy) is 1. The van der Waals surface area contributed by atoms with Crippen LogP contribution in [0.4, 0.5) is 11.4 Å². The van der Waals surface area contributed by atoms with Gasteiger partial charge < -0.3 is 24.3 Å². The van der Waals surface area contributed by atoms with E-state index in [1.807, 2.05) is 11.1 Å². The number of anilines is 2. The summed E-state index contributed by atoms with van der Waals surface area (Å²) in [7, 11) is 2.13. The molecule has 0 radical (unpaired) electrons. The number of likely N-dealkylation sites (N-methyl/N-ethyl adjacent to an activating group) is 1. The quantitative estimate of drug-likeness (QED) is 0.416. The Morgan fingerprint density at radius 1 is 1.21 bits per heavy atom. The largest absolute Gasteiger partial charge is 0.475 e. The molecule has 0 unspecified atom stereocenters. The summed E-state index contributed by atoms with van der Waals surface area (Å²) >= 11 is 0. The van der Waals surface area contributed by atoms with Crippen molar-refractivity contribution in [1.29, 1.82) is 5.26 Å². The SMILES string of the molecule is C=CC(=O)N1CCN(c2c(C#N)c(OC[C@@H]3CCCN3C)nc3c2CCN(c2c(C)ccc4[nH]ncc24)C3)C[C@@H]1C.S.S. The molecule has 2 aromatic heterocycles. The second-order valence-electron chi connectivity index (χ2n) is 11.5. The Morgan fingerprint density at radius 3 is 2.72 bits per heavy atom. The Kier molecular flexibility index (Phi) is 10.2. The molecule has 2 atom stereocenters. The first-order chi connectivity index (χ1) is 19.9. The summed E-state index contributed by atoms with van der Waals surface area (Å²) in [5.41, 5.74) is 6.83. The molecular formula is C31H42N8O2S2. The van der Waals surface area contributed by atoms with Gasteiger partial charge in [-0.2, -0.15) is 37.4 Å². The van der Waals surface area contributed by atoms with Crippen LogP contribution in [0, 0.1) is 18.3 Å². The van der Waals surface area contributed by atoms with E-state index < -0.39 is 0 Å². The third-order valence-electron chi connectivity index (χ3n) is 9.00. The average Bonchev–Trinajstić information content (AvgIpc) is 3.62. The number of pyridine rings is 1. The maximum atomic E-state index is 12.4. The second kappa shape index (κ2) is 13.5. The zero-order chi connectivity index (χ0) is 28.7. The number of hydrogen-bond acceptors (Lipinski definition) is 8. The van der Waals surface area contributed by atoms with Crippen molar-refractivity contribution in [3.05, 3.63) is 53.4 Å². The molecule has 0 bridgehead atoms. The fraction of sp³-hybridized carbons (Fsp3) is 0.484. The Bertz CT molecular complexity index is 1540. The first-order valence-corrected chi connectivity index (χ1v) is 14.5. The Balaban J connectivity index is 0.00000212. The standard InChI is InChI=1S/C31H38N8O2.2H2S/c1-5-28(40)39-14-13-38(17-21(39)3)30-23-10-12-37(29-20(2)8-9-26-25(29)16-33-35-26)18-27(23)34-31(24(30)15-32)41-19-22-7-6-11-36(22)4;;/h5,8-9,16,21-22H,1,6-7,10-14,17-19H2,2-4H3,(H,33,35);2*1H2/t21-,22-;;/m0../s1. The molecule has 0 spiro atoms. The summed E-state index contributed by atoms with van der Waals surface area (Å²) in [4.78, 5) is 26.3. The summed E-state index contributed by atoms with van der Waals surface area (Å²) in [6.07, 6.45) is 6.26. The molecule has 10 nitrogen and oxygen atoms in total. The molecule has 230 valence electrons. The predicted molar refractivity (Wildman–Crippen MR) is 180 cm³/mol. The number of benzene rings is 1. The lowest BCUT2D eigenvalue weighted by molar-refractivity contribution is -0.128. The minimum Gasteiger partial charge on any atom is -0.475 e. The molecule has 3 aliphatic heterocycles. The number of carbonyl (C=O) groups excluding carboxylic acids is 1. The third kappa shape index (κ3) is 6.03. The van der Waals surface area contributed by atoms with Crippen LogP contribution in [-0.4, -0.2) is 89.4 Å². The number of aryl methyl sites for hydroxylation is 1. The second-order valence-corrected chi connectivity index (χ2v) is 11.5. The van der Waals surface area contributed by atoms with Crippen LogP contribution in [-0.2, 0) is 17.8 Å². The molecule has 2 fully saturated rings. The summed E-state index contributed by atoms with van der Waals surface area (Å²) in [5.74, 6) is 0.359. The van der Waals surface area contributed by atoms with Gasteiger partial charge in [-0.15, -0.1) is 0 Å². The molecule has 2 saturated heterocycles. The summed E-state index contributed by atoms with van der Waals surface area (Å²) in [5, 5.41) is 19.0. The van der Waals surface area contributed by atoms with Crippen LogP contribution in [0.3, 0.4) is 0 Å². The number of aromatic nitrogens is 3. The van der Waals surface area contributed by atoms with Gasteiger partial charge in [0.15, 0.2) is 0 Å². The van der Waals surface area contributed by atoms with Gasteiger partial charge >= 0.3 is 0 Å². The van der Waals surface area contributed by atoms with E-state index in [4.69, 9.17) is 9.72 Å². The van der Waals surface area contributed by atoms with E-state index >= 15 is 0 Å². The van der Waals surface area contributed by atoms with Crippen LogP contribution in [0.25, 0.3) is 10.9 Å². The number of likely N-dealkylation sites (tertiary alicyclic amines) is 1. The van der Waals surface area contributed by atoms with E-state index in [0.29, 0.717) is 50.3 Å². The van der Waals surface area contributed by atoms with Crippen molar-refractivity contribution in [3.63, 3.8) is 0 Å². The monoisotopic (exact) mass is 622 g/mol. The number of nitrogens with one attached hydrogen (secondary N) is 1. The number of fused-ring (bicyclic) bond motifs is 2. The van der Waals surface area contributed by atoms with Crippen LogP contribution < -0.4 is 14.5 Å². The fourth-order valence-electron chi connectivity index (χ4n) is 6.78. The van der Waals surface area contributed by atoms with E-state index in [1.165, 1.54) is 11.6 Å². The number of carbonyl (C=O) groups is 1. The number of nitriles is 1. The van der Waals surface area contributed by atoms with Crippen LogP contribution >= 0.6 is 27.0 Å². The van der Waals surface area contributed by atoms with Crippen molar-refractivity contribution in [1.82, 2.24) is 25.0 Å². The molecule has 5 heterocycles. The van der Waals surface area contributed by atoms with E-state index in [2.05, 4.69) is 70.6 Å². The van der Waals surface area contributed by atoms with Gasteiger partial charge in [0, 0.05) is 49.2 Å². The number of rotatable bonds is 6. The van der Waals surface area contributed by atoms with Crippen molar-refractivity contribution in [2.45, 2.75) is 51.7 Å². The predicted octanol–water partition coefficient (Wildman–Crippen LogP) is 3.62. The highest BCUT2D eigenvalue weighted by molar-refractivity contribution is 7.59. The van der Waals surface area contributed by atoms with Gasteiger partial charge in [-0.3, -0.25) is 9.89 Å². The van der Waals surface area contributed by atoms with E-state index in [0.717, 1.165) is 65.9 Å². The molecule has 43 heavy (non-hydrogen) atoms. The minimum absolute atomic E-state index is 0. The van der Waals surface area contributed by atoms with E-state index in [1.54, 1.807) is 0 Å². The molecular weight excluding hydrogens is 581 g/mol. The lowest BCUT2D eigenvalue weighted by atomic mass is 9.96. The number of hydrogen-bond donors (Lipinski definition) is 1. The Morgan fingerprint density at radius 2 is 2.02 bits per heavy atom. The van der Waals surface area contributed by atoms with Gasteiger partial charge in [0.25, 0.3) is 0 Å². The lowest BCUT2D eigenvalue weighted by Gasteiger charge is -2.42. The molecule has 3 aromatic rings. The Hall–Kier alpha value is -3.40. The highest BCUT2D eigenvalue weighted by atomic mass is 32.1. The first-order valence-electron chi connectivity index (χ1n) is 14.5. The van der Waals surface area contributed by atoms with Gasteiger partial charge in [-0.05, 0) is 64.4 Å². The van der Waals surface area contributed by atoms with Crippen molar-refractivity contribution >= 4 is 55.2 Å². The van der Waals surface area contributed by atoms with Gasteiger partial charge in [0.05, 0.1) is 35.3 Å². The maximum absolute atomic E-state index is 12.4. The summed E-state index contributed by atoms with van der Waals surface area (Å²) in [6.45, 7) is 12.7. The summed E-state index contributed by atoms with van der Waals surface area (Å²) < 4.78 is 6.39. The third-order valence-corrected chi connectivity index (χ3v) is 9.00. The minimum atomic E-state index is -0.0569. The van der Waals surface area contributed by atoms with Crippen LogP contribution in [0.2, 0.25) is 0 Å². The number of H-pyrrole nitrogens is 1. The highest BCUT2D eigenvalue weighted by Gasteiger charge is 2.34. The first kappa shape index (κ1) is 32.5. The maximum Gasteiger partial charge on any atom is 0.246 e. The van der Waals surface area contributed by atoms with Crippen LogP contribution in [0.1, 0.15) is 42.1 Å². The van der Waals surface area contributed by atoms with Gasteiger partial charge in [-0.25, -0.2) is 4.98 Å². The average molecular weight is 623 g/mol. The number of aromatic amines is 1. The van der Waals surface area contributed by atoms with E-state index in [9.17, 15) is 10.1 Å². The number of nitrogens with zero attached hydrogens (tertiary/aromatic N) is 7. The van der Waals surface area contributed by atoms with E-state index in [-0.39, 0.29) is 38.9 Å². The van der Waals surface area contributed by atoms with Crippen molar-refractivity contribution in [2.75, 3.05) is 56.2 Å². The normalized spacial score (nSPS) is 20.2. The van der Waals surface area contributed by atoms with Gasteiger partial charge in [-0.1, -0.05) is 12.6 Å². The van der Waals surface area contributed by atoms with Crippen LogP contribution in [0.15, 0.2) is 31.0 Å². The van der Waals surface area contributed by atoms with Gasteiger partial charge in [0.2, 0.25) is 11.8 Å². The smallest absolute Gasteiger partial charge is 0.246 e. The molecule has 6 rings (SSSR count). The molecule has 0 saturated carbocycles. The lowest BCUT2D eigenvalue weighted by Crippen LogP contribution is -2.54. The molecule has 1 aromatic carbocycles. The number of amides is 1. The molecule has 0 aliphatic carbocycles. The molecule has 3 aliphatic rings. The topological polar surface area (TPSA) is 105 Å². The Labute approximate surface area is 267 Å². The van der Waals surface area contributed by atoms with Crippen molar-refractivity contribution in [2.24, 2.45) is 0 Å². The highest BCUT2D eigenvalue weighted by Crippen LogP contribution is 2.40. The zero-order valence-corrected chi connectivity index (χ0v) is 27.2. The molecule has 12 heteroatoms. The number of piperazine rings is 1. The van der Waals surface area contributed by atoms with Crippen molar-refractivity contribution < 1.29 is 9.53 Å². The molecule has 1 N–H and O–H groups in total. The summed E-state index contributed by atoms with van der Waals surface area (Å²) in [6, 6.07) is 6.96. The van der Waals surface area contributed by atoms with Crippen molar-refractivity contribution in [3.8, 4) is 11.9 Å². The fourth-order valence-corrected chi connectivity index (χ4v) is 6.78. The van der Waals surface area contributed by atoms with Crippen LogP contribution in [0.5, 0.6) is 5.88 Å². The van der Waals surface area contributed by atoms with Gasteiger partial charge in [0.1, 0.15) is 18.2 Å². The molecule has 1 amide bonds. The zero-order valence-electron chi connectivity index (χ0n) is 25.2.